The van der Waals surface area contributed by atoms with Gasteiger partial charge in [0.2, 0.25) is 0 Å². The highest BCUT2D eigenvalue weighted by molar-refractivity contribution is 5.70. The molecule has 5 heteroatoms. The number of hydrogen-bond acceptors (Lipinski definition) is 4. The Morgan fingerprint density at radius 2 is 1.60 bits per heavy atom. The van der Waals surface area contributed by atoms with Crippen LogP contribution in [0.15, 0.2) is 72.8 Å². The Labute approximate surface area is 179 Å². The van der Waals surface area contributed by atoms with Crippen LogP contribution >= 0.6 is 0 Å². The third kappa shape index (κ3) is 6.71. The second kappa shape index (κ2) is 10.4. The number of hydrogen-bond donors (Lipinski definition) is 0. The molecule has 0 radical (unpaired) electrons. The SMILES string of the molecule is CC(C)(C)OC(=O)N1CC=C[C@@H]1[C@@H](COCc1ccccc1)OCc1ccccc1. The van der Waals surface area contributed by atoms with Gasteiger partial charge in [-0.3, -0.25) is 4.90 Å². The lowest BCUT2D eigenvalue weighted by Gasteiger charge is -2.33. The molecule has 5 nitrogen and oxygen atoms in total. The van der Waals surface area contributed by atoms with Gasteiger partial charge in [0.25, 0.3) is 0 Å². The number of benzene rings is 2. The van der Waals surface area contributed by atoms with Crippen molar-refractivity contribution >= 4 is 6.09 Å². The fourth-order valence-electron chi connectivity index (χ4n) is 3.27. The fourth-order valence-corrected chi connectivity index (χ4v) is 3.27. The summed E-state index contributed by atoms with van der Waals surface area (Å²) in [5.74, 6) is 0. The summed E-state index contributed by atoms with van der Waals surface area (Å²) in [5, 5.41) is 0. The molecule has 1 aliphatic rings. The van der Waals surface area contributed by atoms with Crippen LogP contribution in [0, 0.1) is 0 Å². The monoisotopic (exact) mass is 409 g/mol. The zero-order chi connectivity index (χ0) is 21.4. The molecule has 3 rings (SSSR count). The van der Waals surface area contributed by atoms with Crippen molar-refractivity contribution in [2.24, 2.45) is 0 Å². The standard InChI is InChI=1S/C25H31NO4/c1-25(2,3)30-24(27)26-16-10-15-22(26)23(29-18-21-13-8-5-9-14-21)19-28-17-20-11-6-4-7-12-20/h4-15,22-23H,16-19H2,1-3H3/t22-,23-/m1/s1. The average Bonchev–Trinajstić information content (AvgIpc) is 3.21. The molecular weight excluding hydrogens is 378 g/mol. The quantitative estimate of drug-likeness (QED) is 0.578. The summed E-state index contributed by atoms with van der Waals surface area (Å²) in [7, 11) is 0. The first-order valence-electron chi connectivity index (χ1n) is 10.4. The van der Waals surface area contributed by atoms with Crippen LogP contribution in [0.5, 0.6) is 0 Å². The summed E-state index contributed by atoms with van der Waals surface area (Å²) in [6.07, 6.45) is 3.34. The van der Waals surface area contributed by atoms with Gasteiger partial charge in [-0.05, 0) is 31.9 Å². The number of amides is 1. The van der Waals surface area contributed by atoms with E-state index < -0.39 is 5.60 Å². The van der Waals surface area contributed by atoms with Crippen molar-refractivity contribution in [1.29, 1.82) is 0 Å². The average molecular weight is 410 g/mol. The molecule has 0 saturated carbocycles. The number of nitrogens with zero attached hydrogens (tertiary/aromatic N) is 1. The minimum atomic E-state index is -0.547. The third-order valence-corrected chi connectivity index (χ3v) is 4.70. The van der Waals surface area contributed by atoms with Gasteiger partial charge < -0.3 is 14.2 Å². The number of rotatable bonds is 8. The molecule has 0 unspecified atom stereocenters. The van der Waals surface area contributed by atoms with Crippen molar-refractivity contribution in [3.8, 4) is 0 Å². The lowest BCUT2D eigenvalue weighted by molar-refractivity contribution is -0.0607. The Balaban J connectivity index is 1.66. The first kappa shape index (κ1) is 22.1. The van der Waals surface area contributed by atoms with E-state index in [1.165, 1.54) is 0 Å². The van der Waals surface area contributed by atoms with Crippen LogP contribution in [0.4, 0.5) is 4.79 Å². The second-order valence-electron chi connectivity index (χ2n) is 8.39. The molecule has 0 bridgehead atoms. The molecule has 0 aromatic heterocycles. The zero-order valence-corrected chi connectivity index (χ0v) is 18.0. The molecule has 1 heterocycles. The van der Waals surface area contributed by atoms with Crippen molar-refractivity contribution in [3.05, 3.63) is 83.9 Å². The minimum Gasteiger partial charge on any atom is -0.444 e. The molecule has 2 aromatic rings. The van der Waals surface area contributed by atoms with Crippen molar-refractivity contribution in [2.45, 2.75) is 51.7 Å². The molecule has 0 fully saturated rings. The fraction of sp³-hybridized carbons (Fsp3) is 0.400. The van der Waals surface area contributed by atoms with Crippen LogP contribution in [-0.2, 0) is 27.4 Å². The van der Waals surface area contributed by atoms with E-state index in [4.69, 9.17) is 14.2 Å². The van der Waals surface area contributed by atoms with E-state index in [1.54, 1.807) is 4.90 Å². The Morgan fingerprint density at radius 3 is 2.20 bits per heavy atom. The van der Waals surface area contributed by atoms with Gasteiger partial charge in [-0.15, -0.1) is 0 Å². The van der Waals surface area contributed by atoms with E-state index in [9.17, 15) is 4.79 Å². The maximum atomic E-state index is 12.7. The van der Waals surface area contributed by atoms with Crippen LogP contribution in [0.1, 0.15) is 31.9 Å². The summed E-state index contributed by atoms with van der Waals surface area (Å²) in [4.78, 5) is 14.4. The van der Waals surface area contributed by atoms with E-state index in [-0.39, 0.29) is 18.2 Å². The van der Waals surface area contributed by atoms with E-state index in [0.717, 1.165) is 11.1 Å². The highest BCUT2D eigenvalue weighted by Crippen LogP contribution is 2.21. The Hall–Kier alpha value is -2.63. The van der Waals surface area contributed by atoms with Gasteiger partial charge in [-0.1, -0.05) is 72.8 Å². The molecule has 160 valence electrons. The Morgan fingerprint density at radius 1 is 1.00 bits per heavy atom. The maximum Gasteiger partial charge on any atom is 0.411 e. The summed E-state index contributed by atoms with van der Waals surface area (Å²) >= 11 is 0. The lowest BCUT2D eigenvalue weighted by atomic mass is 10.1. The maximum absolute atomic E-state index is 12.7. The number of carbonyl (C=O) groups is 1. The number of carbonyl (C=O) groups excluding carboxylic acids is 1. The van der Waals surface area contributed by atoms with E-state index in [1.807, 2.05) is 93.6 Å². The van der Waals surface area contributed by atoms with Crippen molar-refractivity contribution in [1.82, 2.24) is 4.90 Å². The summed E-state index contributed by atoms with van der Waals surface area (Å²) < 4.78 is 17.8. The van der Waals surface area contributed by atoms with Gasteiger partial charge in [0.05, 0.1) is 25.9 Å². The Kier molecular flexibility index (Phi) is 7.66. The molecule has 2 atom stereocenters. The first-order chi connectivity index (χ1) is 14.4. The zero-order valence-electron chi connectivity index (χ0n) is 18.0. The van der Waals surface area contributed by atoms with E-state index in [0.29, 0.717) is 26.4 Å². The van der Waals surface area contributed by atoms with Crippen LogP contribution in [-0.4, -0.2) is 41.9 Å². The van der Waals surface area contributed by atoms with Gasteiger partial charge in [0, 0.05) is 6.54 Å². The van der Waals surface area contributed by atoms with Crippen LogP contribution in [0.25, 0.3) is 0 Å². The molecule has 30 heavy (non-hydrogen) atoms. The summed E-state index contributed by atoms with van der Waals surface area (Å²) in [5.41, 5.74) is 1.63. The predicted octanol–water partition coefficient (Wildman–Crippen LogP) is 4.96. The van der Waals surface area contributed by atoms with Crippen molar-refractivity contribution in [3.63, 3.8) is 0 Å². The van der Waals surface area contributed by atoms with Crippen LogP contribution in [0.3, 0.4) is 0 Å². The van der Waals surface area contributed by atoms with Crippen molar-refractivity contribution in [2.75, 3.05) is 13.2 Å². The third-order valence-electron chi connectivity index (χ3n) is 4.70. The highest BCUT2D eigenvalue weighted by atomic mass is 16.6. The molecule has 0 saturated heterocycles. The van der Waals surface area contributed by atoms with Gasteiger partial charge >= 0.3 is 6.09 Å². The molecule has 0 N–H and O–H groups in total. The van der Waals surface area contributed by atoms with Gasteiger partial charge in [0.1, 0.15) is 11.7 Å². The van der Waals surface area contributed by atoms with Gasteiger partial charge in [-0.2, -0.15) is 0 Å². The lowest BCUT2D eigenvalue weighted by Crippen LogP contribution is -2.47. The van der Waals surface area contributed by atoms with Gasteiger partial charge in [-0.25, -0.2) is 4.79 Å². The van der Waals surface area contributed by atoms with Crippen molar-refractivity contribution < 1.29 is 19.0 Å². The van der Waals surface area contributed by atoms with Crippen LogP contribution in [0.2, 0.25) is 0 Å². The van der Waals surface area contributed by atoms with Crippen LogP contribution < -0.4 is 0 Å². The molecule has 0 spiro atoms. The topological polar surface area (TPSA) is 48.0 Å². The summed E-state index contributed by atoms with van der Waals surface area (Å²) in [6, 6.07) is 19.8. The number of ether oxygens (including phenoxy) is 3. The summed E-state index contributed by atoms with van der Waals surface area (Å²) in [6.45, 7) is 7.43. The van der Waals surface area contributed by atoms with E-state index in [2.05, 4.69) is 0 Å². The molecule has 1 amide bonds. The van der Waals surface area contributed by atoms with Gasteiger partial charge in [0.15, 0.2) is 0 Å². The molecule has 0 aliphatic carbocycles. The van der Waals surface area contributed by atoms with E-state index >= 15 is 0 Å². The molecular formula is C25H31NO4. The largest absolute Gasteiger partial charge is 0.444 e. The normalized spacial score (nSPS) is 17.2. The Bertz CT molecular complexity index is 814. The molecule has 2 aromatic carbocycles. The smallest absolute Gasteiger partial charge is 0.411 e. The minimum absolute atomic E-state index is 0.237. The molecule has 1 aliphatic heterocycles. The highest BCUT2D eigenvalue weighted by Gasteiger charge is 2.35. The predicted molar refractivity (Wildman–Crippen MR) is 117 cm³/mol. The first-order valence-corrected chi connectivity index (χ1v) is 10.4. The second-order valence-corrected chi connectivity index (χ2v) is 8.39.